The maximum atomic E-state index is 11.3. The summed E-state index contributed by atoms with van der Waals surface area (Å²) in [6.07, 6.45) is 0.291. The topological polar surface area (TPSA) is 73.5 Å². The number of fused-ring (bicyclic) bond motifs is 1. The third-order valence-electron chi connectivity index (χ3n) is 2.68. The van der Waals surface area contributed by atoms with E-state index >= 15 is 0 Å². The third-order valence-corrected chi connectivity index (χ3v) is 2.68. The Labute approximate surface area is 103 Å². The number of hydrogen-bond donors (Lipinski definition) is 1. The van der Waals surface area contributed by atoms with Crippen LogP contribution in [0, 0.1) is 0 Å². The molecule has 1 aromatic heterocycles. The molecule has 0 aliphatic rings. The van der Waals surface area contributed by atoms with Crippen molar-refractivity contribution in [3.05, 3.63) is 28.7 Å². The molecule has 0 spiro atoms. The Morgan fingerprint density at radius 3 is 3.00 bits per heavy atom. The first kappa shape index (κ1) is 12.2. The van der Waals surface area contributed by atoms with Gasteiger partial charge in [0.15, 0.2) is 5.58 Å². The molecular formula is C12H14N2O4. The maximum absolute atomic E-state index is 11.3. The van der Waals surface area contributed by atoms with Crippen LogP contribution in [0.4, 0.5) is 5.69 Å². The number of esters is 1. The van der Waals surface area contributed by atoms with Crippen molar-refractivity contribution in [3.63, 3.8) is 0 Å². The summed E-state index contributed by atoms with van der Waals surface area (Å²) in [6.45, 7) is 0.476. The number of nitrogens with zero attached hydrogens (tertiary/aromatic N) is 1. The molecule has 0 fully saturated rings. The van der Waals surface area contributed by atoms with Crippen molar-refractivity contribution >= 4 is 22.8 Å². The van der Waals surface area contributed by atoms with Crippen LogP contribution in [0.3, 0.4) is 0 Å². The number of rotatable bonds is 4. The second-order valence-electron chi connectivity index (χ2n) is 3.86. The van der Waals surface area contributed by atoms with Gasteiger partial charge in [0.05, 0.1) is 19.0 Å². The molecule has 0 aliphatic carbocycles. The van der Waals surface area contributed by atoms with Gasteiger partial charge in [-0.3, -0.25) is 9.36 Å². The number of hydrogen-bond acceptors (Lipinski definition) is 5. The third kappa shape index (κ3) is 2.37. The van der Waals surface area contributed by atoms with Crippen LogP contribution in [0.2, 0.25) is 0 Å². The molecule has 0 unspecified atom stereocenters. The van der Waals surface area contributed by atoms with Crippen molar-refractivity contribution in [2.24, 2.45) is 7.05 Å². The average molecular weight is 250 g/mol. The summed E-state index contributed by atoms with van der Waals surface area (Å²) in [6, 6.07) is 5.32. The highest BCUT2D eigenvalue weighted by Gasteiger charge is 2.06. The Kier molecular flexibility index (Phi) is 3.36. The van der Waals surface area contributed by atoms with Crippen molar-refractivity contribution < 1.29 is 13.9 Å². The molecule has 1 aromatic carbocycles. The minimum atomic E-state index is -0.392. The molecule has 0 saturated carbocycles. The van der Waals surface area contributed by atoms with Crippen molar-refractivity contribution in [2.75, 3.05) is 19.0 Å². The number of oxazole rings is 1. The van der Waals surface area contributed by atoms with Crippen molar-refractivity contribution in [3.8, 4) is 0 Å². The number of carbonyl (C=O) groups is 1. The van der Waals surface area contributed by atoms with Gasteiger partial charge in [0, 0.05) is 19.3 Å². The van der Waals surface area contributed by atoms with Gasteiger partial charge in [-0.05, 0) is 18.2 Å². The van der Waals surface area contributed by atoms with E-state index in [9.17, 15) is 9.59 Å². The quantitative estimate of drug-likeness (QED) is 0.823. The first-order valence-electron chi connectivity index (χ1n) is 5.52. The van der Waals surface area contributed by atoms with E-state index in [1.165, 1.54) is 11.7 Å². The number of aryl methyl sites for hydroxylation is 1. The molecule has 0 radical (unpaired) electrons. The van der Waals surface area contributed by atoms with E-state index in [1.54, 1.807) is 25.2 Å². The zero-order valence-corrected chi connectivity index (χ0v) is 10.2. The number of anilines is 1. The highest BCUT2D eigenvalue weighted by atomic mass is 16.5. The highest BCUT2D eigenvalue weighted by molar-refractivity contribution is 5.77. The fraction of sp³-hybridized carbons (Fsp3) is 0.333. The summed E-state index contributed by atoms with van der Waals surface area (Å²) in [5, 5.41) is 3.08. The van der Waals surface area contributed by atoms with E-state index in [4.69, 9.17) is 4.42 Å². The lowest BCUT2D eigenvalue weighted by Gasteiger charge is -2.05. The predicted molar refractivity (Wildman–Crippen MR) is 66.6 cm³/mol. The van der Waals surface area contributed by atoms with Crippen LogP contribution in [0.1, 0.15) is 6.42 Å². The number of methoxy groups -OCH3 is 1. The van der Waals surface area contributed by atoms with E-state index < -0.39 is 5.76 Å². The number of benzene rings is 1. The van der Waals surface area contributed by atoms with Gasteiger partial charge in [0.1, 0.15) is 0 Å². The number of carbonyl (C=O) groups excluding carboxylic acids is 1. The van der Waals surface area contributed by atoms with Gasteiger partial charge >= 0.3 is 11.7 Å². The first-order valence-corrected chi connectivity index (χ1v) is 5.52. The number of ether oxygens (including phenoxy) is 1. The Bertz CT molecular complexity index is 627. The molecule has 6 nitrogen and oxygen atoms in total. The van der Waals surface area contributed by atoms with Crippen LogP contribution in [0.15, 0.2) is 27.4 Å². The van der Waals surface area contributed by atoms with Crippen LogP contribution in [-0.2, 0) is 16.6 Å². The van der Waals surface area contributed by atoms with E-state index in [0.717, 1.165) is 5.69 Å². The second-order valence-corrected chi connectivity index (χ2v) is 3.86. The van der Waals surface area contributed by atoms with Crippen LogP contribution >= 0.6 is 0 Å². The normalized spacial score (nSPS) is 10.6. The van der Waals surface area contributed by atoms with E-state index in [1.807, 2.05) is 0 Å². The molecule has 0 bridgehead atoms. The van der Waals surface area contributed by atoms with Crippen molar-refractivity contribution in [2.45, 2.75) is 6.42 Å². The SMILES string of the molecule is COC(=O)CCNc1ccc2oc(=O)n(C)c2c1. The van der Waals surface area contributed by atoms with Crippen molar-refractivity contribution in [1.29, 1.82) is 0 Å². The van der Waals surface area contributed by atoms with Gasteiger partial charge in [-0.2, -0.15) is 0 Å². The Hall–Kier alpha value is -2.24. The van der Waals surface area contributed by atoms with Gasteiger partial charge < -0.3 is 14.5 Å². The summed E-state index contributed by atoms with van der Waals surface area (Å²) in [7, 11) is 3.00. The fourth-order valence-corrected chi connectivity index (χ4v) is 1.65. The van der Waals surface area contributed by atoms with Gasteiger partial charge in [-0.15, -0.1) is 0 Å². The zero-order chi connectivity index (χ0) is 13.1. The lowest BCUT2D eigenvalue weighted by atomic mass is 10.2. The Morgan fingerprint density at radius 1 is 1.50 bits per heavy atom. The van der Waals surface area contributed by atoms with Gasteiger partial charge in [-0.25, -0.2) is 4.79 Å². The molecule has 1 heterocycles. The zero-order valence-electron chi connectivity index (χ0n) is 10.2. The molecule has 0 aliphatic heterocycles. The van der Waals surface area contributed by atoms with E-state index in [0.29, 0.717) is 24.1 Å². The molecule has 0 atom stereocenters. The van der Waals surface area contributed by atoms with E-state index in [-0.39, 0.29) is 5.97 Å². The number of aromatic nitrogens is 1. The van der Waals surface area contributed by atoms with Gasteiger partial charge in [0.25, 0.3) is 0 Å². The van der Waals surface area contributed by atoms with Crippen LogP contribution in [-0.4, -0.2) is 24.2 Å². The largest absolute Gasteiger partial charge is 0.469 e. The first-order chi connectivity index (χ1) is 8.61. The summed E-state index contributed by atoms with van der Waals surface area (Å²) in [5.74, 6) is -0.656. The predicted octanol–water partition coefficient (Wildman–Crippen LogP) is 1.11. The second kappa shape index (κ2) is 4.95. The Balaban J connectivity index is 2.12. The summed E-state index contributed by atoms with van der Waals surface area (Å²) < 4.78 is 11.0. The average Bonchev–Trinajstić information content (AvgIpc) is 2.65. The summed E-state index contributed by atoms with van der Waals surface area (Å²) in [4.78, 5) is 22.3. The lowest BCUT2D eigenvalue weighted by Crippen LogP contribution is -2.10. The molecule has 96 valence electrons. The van der Waals surface area contributed by atoms with Crippen molar-refractivity contribution in [1.82, 2.24) is 4.57 Å². The monoisotopic (exact) mass is 250 g/mol. The minimum Gasteiger partial charge on any atom is -0.469 e. The summed E-state index contributed by atoms with van der Waals surface area (Å²) in [5.41, 5.74) is 2.08. The molecular weight excluding hydrogens is 236 g/mol. The van der Waals surface area contributed by atoms with E-state index in [2.05, 4.69) is 10.1 Å². The standard InChI is InChI=1S/C12H14N2O4/c1-14-9-7-8(13-6-5-11(15)17-2)3-4-10(9)18-12(14)16/h3-4,7,13H,5-6H2,1-2H3. The smallest absolute Gasteiger partial charge is 0.419 e. The van der Waals surface area contributed by atoms with Crippen LogP contribution in [0.25, 0.3) is 11.1 Å². The van der Waals surface area contributed by atoms with Gasteiger partial charge in [-0.1, -0.05) is 0 Å². The molecule has 2 aromatic rings. The van der Waals surface area contributed by atoms with Crippen LogP contribution < -0.4 is 11.1 Å². The minimum absolute atomic E-state index is 0.265. The summed E-state index contributed by atoms with van der Waals surface area (Å²) >= 11 is 0. The van der Waals surface area contributed by atoms with Gasteiger partial charge in [0.2, 0.25) is 0 Å². The Morgan fingerprint density at radius 2 is 2.28 bits per heavy atom. The molecule has 18 heavy (non-hydrogen) atoms. The number of nitrogens with one attached hydrogen (secondary N) is 1. The highest BCUT2D eigenvalue weighted by Crippen LogP contribution is 2.17. The molecule has 0 amide bonds. The molecule has 1 N–H and O–H groups in total. The fourth-order valence-electron chi connectivity index (χ4n) is 1.65. The molecule has 6 heteroatoms. The van der Waals surface area contributed by atoms with Crippen LogP contribution in [0.5, 0.6) is 0 Å². The molecule has 0 saturated heterocycles. The lowest BCUT2D eigenvalue weighted by molar-refractivity contribution is -0.140. The maximum Gasteiger partial charge on any atom is 0.419 e. The molecule has 2 rings (SSSR count).